The van der Waals surface area contributed by atoms with Gasteiger partial charge in [-0.2, -0.15) is 0 Å². The summed E-state index contributed by atoms with van der Waals surface area (Å²) in [6.45, 7) is 5.62. The van der Waals surface area contributed by atoms with Crippen molar-refractivity contribution >= 4 is 41.4 Å². The first-order chi connectivity index (χ1) is 25.9. The molecule has 1 heterocycles. The van der Waals surface area contributed by atoms with Gasteiger partial charge in [0, 0.05) is 30.3 Å². The second kappa shape index (κ2) is 18.4. The highest BCUT2D eigenvalue weighted by atomic mass is 16.6. The van der Waals surface area contributed by atoms with Crippen molar-refractivity contribution in [2.75, 3.05) is 24.6 Å². The number of carbonyl (C=O) groups excluding carboxylic acids is 6. The molecule has 4 amide bonds. The van der Waals surface area contributed by atoms with Crippen molar-refractivity contribution in [3.8, 4) is 0 Å². The summed E-state index contributed by atoms with van der Waals surface area (Å²) in [5.41, 5.74) is 2.27. The number of nitrogens with zero attached hydrogens (tertiary/aromatic N) is 1. The maximum Gasteiger partial charge on any atom is 0.414 e. The molecule has 1 aliphatic carbocycles. The van der Waals surface area contributed by atoms with Crippen molar-refractivity contribution in [2.24, 2.45) is 5.92 Å². The van der Waals surface area contributed by atoms with Gasteiger partial charge in [-0.15, -0.1) is 0 Å². The van der Waals surface area contributed by atoms with Gasteiger partial charge in [0.1, 0.15) is 18.2 Å². The van der Waals surface area contributed by atoms with Crippen LogP contribution in [0.15, 0.2) is 78.9 Å². The fourth-order valence-electron chi connectivity index (χ4n) is 6.46. The number of rotatable bonds is 14. The molecule has 1 fully saturated rings. The van der Waals surface area contributed by atoms with E-state index >= 15 is 0 Å². The maximum atomic E-state index is 13.8. The van der Waals surface area contributed by atoms with Crippen LogP contribution in [0.2, 0.25) is 0 Å². The van der Waals surface area contributed by atoms with Gasteiger partial charge < -0.3 is 30.2 Å². The van der Waals surface area contributed by atoms with E-state index in [1.165, 1.54) is 4.90 Å². The molecule has 13 nitrogen and oxygen atoms in total. The molecule has 0 aromatic heterocycles. The van der Waals surface area contributed by atoms with Crippen LogP contribution in [0.5, 0.6) is 0 Å². The summed E-state index contributed by atoms with van der Waals surface area (Å²) in [4.78, 5) is 79.8. The third kappa shape index (κ3) is 11.1. The highest BCUT2D eigenvalue weighted by Gasteiger charge is 2.37. The van der Waals surface area contributed by atoms with Crippen molar-refractivity contribution < 1.29 is 43.0 Å². The van der Waals surface area contributed by atoms with E-state index in [9.17, 15) is 28.8 Å². The summed E-state index contributed by atoms with van der Waals surface area (Å²) >= 11 is 0. The SMILES string of the molecule is CC(C)(C)OC(=O)N1CCc2ccc(C(=O)N[C@H](CCCNC(=O)OCc3ccccc3)C(=O)N[C@@H]3CCC[C@@H]3C(=O)OCC(=O)c3ccccc3)cc21. The molecule has 1 aliphatic heterocycles. The summed E-state index contributed by atoms with van der Waals surface area (Å²) in [5, 5.41) is 8.44. The molecule has 0 saturated heterocycles. The van der Waals surface area contributed by atoms with Crippen LogP contribution >= 0.6 is 0 Å². The number of ketones is 1. The van der Waals surface area contributed by atoms with E-state index in [0.717, 1.165) is 11.1 Å². The van der Waals surface area contributed by atoms with Crippen LogP contribution in [0.3, 0.4) is 0 Å². The van der Waals surface area contributed by atoms with Crippen molar-refractivity contribution in [1.29, 1.82) is 0 Å². The smallest absolute Gasteiger partial charge is 0.414 e. The van der Waals surface area contributed by atoms with Gasteiger partial charge in [-0.05, 0) is 76.1 Å². The van der Waals surface area contributed by atoms with Crippen LogP contribution in [0.25, 0.3) is 0 Å². The second-order valence-electron chi connectivity index (χ2n) is 14.4. The number of ether oxygens (including phenoxy) is 3. The van der Waals surface area contributed by atoms with Crippen LogP contribution in [0.1, 0.15) is 84.7 Å². The van der Waals surface area contributed by atoms with E-state index in [1.807, 2.05) is 30.3 Å². The minimum Gasteiger partial charge on any atom is -0.457 e. The quantitative estimate of drug-likeness (QED) is 0.0836. The first-order valence-corrected chi connectivity index (χ1v) is 18.3. The number of carbonyl (C=O) groups is 6. The Morgan fingerprint density at radius 1 is 0.870 bits per heavy atom. The molecule has 13 heteroatoms. The standard InChI is InChI=1S/C41H48N4O9/c1-41(2,3)54-40(51)45-23-21-28-19-20-30(24-34(28)45)36(47)44-33(18-11-22-42-39(50)53-25-27-12-6-4-7-13-27)37(48)43-32-17-10-16-31(32)38(49)52-26-35(46)29-14-8-5-9-15-29/h4-9,12-15,19-20,24,31-33H,10-11,16-18,21-23,25-26H2,1-3H3,(H,42,50)(H,43,48)(H,44,47)/t31-,32+,33+/m0/s1. The predicted molar refractivity (Wildman–Crippen MR) is 200 cm³/mol. The summed E-state index contributed by atoms with van der Waals surface area (Å²) in [5.74, 6) is -2.61. The number of nitrogens with one attached hydrogen (secondary N) is 3. The first kappa shape index (κ1) is 39.5. The minimum atomic E-state index is -1.04. The van der Waals surface area contributed by atoms with E-state index in [-0.39, 0.29) is 30.9 Å². The van der Waals surface area contributed by atoms with E-state index in [2.05, 4.69) is 16.0 Å². The Kier molecular flexibility index (Phi) is 13.4. The van der Waals surface area contributed by atoms with Crippen molar-refractivity contribution in [1.82, 2.24) is 16.0 Å². The van der Waals surface area contributed by atoms with Gasteiger partial charge in [0.15, 0.2) is 12.4 Å². The topological polar surface area (TPSA) is 169 Å². The number of anilines is 1. The molecule has 54 heavy (non-hydrogen) atoms. The Labute approximate surface area is 315 Å². The van der Waals surface area contributed by atoms with Gasteiger partial charge in [0.2, 0.25) is 5.91 Å². The summed E-state index contributed by atoms with van der Waals surface area (Å²) < 4.78 is 16.2. The van der Waals surface area contributed by atoms with E-state index in [4.69, 9.17) is 14.2 Å². The molecule has 1 saturated carbocycles. The molecule has 286 valence electrons. The fourth-order valence-corrected chi connectivity index (χ4v) is 6.46. The number of alkyl carbamates (subject to hydrolysis) is 1. The lowest BCUT2D eigenvalue weighted by Gasteiger charge is -2.25. The third-order valence-electron chi connectivity index (χ3n) is 9.22. The van der Waals surface area contributed by atoms with Gasteiger partial charge >= 0.3 is 18.2 Å². The summed E-state index contributed by atoms with van der Waals surface area (Å²) in [6.07, 6.45) is 1.58. The zero-order valence-electron chi connectivity index (χ0n) is 30.9. The number of esters is 1. The van der Waals surface area contributed by atoms with Crippen molar-refractivity contribution in [2.45, 2.75) is 83.6 Å². The molecule has 0 unspecified atom stereocenters. The normalized spacial score (nSPS) is 16.8. The highest BCUT2D eigenvalue weighted by molar-refractivity contribution is 6.00. The van der Waals surface area contributed by atoms with Crippen LogP contribution in [0.4, 0.5) is 15.3 Å². The summed E-state index contributed by atoms with van der Waals surface area (Å²) in [7, 11) is 0. The van der Waals surface area contributed by atoms with E-state index < -0.39 is 60.2 Å². The second-order valence-corrected chi connectivity index (χ2v) is 14.4. The highest BCUT2D eigenvalue weighted by Crippen LogP contribution is 2.31. The van der Waals surface area contributed by atoms with Gasteiger partial charge in [-0.25, -0.2) is 9.59 Å². The first-order valence-electron chi connectivity index (χ1n) is 18.3. The molecule has 3 atom stereocenters. The van der Waals surface area contributed by atoms with Gasteiger partial charge in [0.05, 0.1) is 11.6 Å². The number of benzene rings is 3. The fraction of sp³-hybridized carbons (Fsp3) is 0.415. The Morgan fingerprint density at radius 3 is 2.31 bits per heavy atom. The maximum absolute atomic E-state index is 13.8. The Morgan fingerprint density at radius 2 is 1.59 bits per heavy atom. The monoisotopic (exact) mass is 740 g/mol. The molecule has 3 aromatic carbocycles. The van der Waals surface area contributed by atoms with E-state index in [1.54, 1.807) is 69.3 Å². The number of Topliss-reactive ketones (excluding diaryl/α,β-unsaturated/α-hetero) is 1. The molecule has 3 aromatic rings. The molecule has 0 radical (unpaired) electrons. The van der Waals surface area contributed by atoms with Gasteiger partial charge in [-0.3, -0.25) is 24.1 Å². The zero-order chi connectivity index (χ0) is 38.7. The van der Waals surface area contributed by atoms with Gasteiger partial charge in [-0.1, -0.05) is 73.2 Å². The van der Waals surface area contributed by atoms with Crippen molar-refractivity contribution in [3.63, 3.8) is 0 Å². The lowest BCUT2D eigenvalue weighted by Crippen LogP contribution is -2.51. The Bertz CT molecular complexity index is 1810. The third-order valence-corrected chi connectivity index (χ3v) is 9.22. The van der Waals surface area contributed by atoms with Crippen LogP contribution in [0, 0.1) is 5.92 Å². The van der Waals surface area contributed by atoms with E-state index in [0.29, 0.717) is 49.9 Å². The molecule has 2 aliphatic rings. The van der Waals surface area contributed by atoms with Crippen LogP contribution < -0.4 is 20.9 Å². The Hall–Kier alpha value is -5.72. The van der Waals surface area contributed by atoms with Gasteiger partial charge in [0.25, 0.3) is 5.91 Å². The number of hydrogen-bond donors (Lipinski definition) is 3. The molecule has 3 N–H and O–H groups in total. The molecular weight excluding hydrogens is 692 g/mol. The summed E-state index contributed by atoms with van der Waals surface area (Å²) in [6, 6.07) is 21.2. The average Bonchev–Trinajstić information content (AvgIpc) is 3.81. The number of hydrogen-bond acceptors (Lipinski definition) is 9. The largest absolute Gasteiger partial charge is 0.457 e. The molecule has 0 bridgehead atoms. The lowest BCUT2D eigenvalue weighted by molar-refractivity contribution is -0.148. The van der Waals surface area contributed by atoms with Crippen LogP contribution in [-0.4, -0.2) is 73.1 Å². The molecule has 0 spiro atoms. The van der Waals surface area contributed by atoms with Crippen molar-refractivity contribution in [3.05, 3.63) is 101 Å². The molecule has 5 rings (SSSR count). The zero-order valence-corrected chi connectivity index (χ0v) is 30.9. The minimum absolute atomic E-state index is 0.102. The van der Waals surface area contributed by atoms with Crippen LogP contribution in [-0.2, 0) is 36.8 Å². The molecular formula is C41H48N4O9. The number of fused-ring (bicyclic) bond motifs is 1. The Balaban J connectivity index is 1.22. The average molecular weight is 741 g/mol. The number of amides is 4. The lowest BCUT2D eigenvalue weighted by atomic mass is 10.0. The predicted octanol–water partition coefficient (Wildman–Crippen LogP) is 5.50.